The lowest BCUT2D eigenvalue weighted by Gasteiger charge is -2.12. The van der Waals surface area contributed by atoms with E-state index in [0.29, 0.717) is 11.8 Å². The normalized spacial score (nSPS) is 10.9. The molecule has 1 aromatic carbocycles. The Balaban J connectivity index is 2.95. The van der Waals surface area contributed by atoms with Gasteiger partial charge in [0, 0.05) is 23.6 Å². The zero-order valence-corrected chi connectivity index (χ0v) is 10.9. The van der Waals surface area contributed by atoms with E-state index < -0.39 is 10.9 Å². The summed E-state index contributed by atoms with van der Waals surface area (Å²) in [4.78, 5) is 32.8. The molecule has 0 saturated heterocycles. The van der Waals surface area contributed by atoms with Crippen molar-refractivity contribution in [2.24, 2.45) is 0 Å². The fourth-order valence-corrected chi connectivity index (χ4v) is 2.32. The minimum Gasteiger partial charge on any atom is -0.477 e. The van der Waals surface area contributed by atoms with Crippen LogP contribution in [-0.2, 0) is 0 Å². The molecule has 7 nitrogen and oxygen atoms in total. The number of aromatic nitrogens is 1. The number of fused-ring (bicyclic) bond motifs is 1. The second kappa shape index (κ2) is 4.76. The van der Waals surface area contributed by atoms with Gasteiger partial charge < -0.3 is 9.67 Å². The summed E-state index contributed by atoms with van der Waals surface area (Å²) in [5.74, 6) is -1.24. The summed E-state index contributed by atoms with van der Waals surface area (Å²) in [5.41, 5.74) is 0.124. The number of nitro groups is 1. The molecule has 0 amide bonds. The van der Waals surface area contributed by atoms with E-state index in [1.165, 1.54) is 22.8 Å². The lowest BCUT2D eigenvalue weighted by atomic mass is 10.1. The van der Waals surface area contributed by atoms with Gasteiger partial charge in [0.1, 0.15) is 5.69 Å². The van der Waals surface area contributed by atoms with Crippen molar-refractivity contribution >= 4 is 28.8 Å². The summed E-state index contributed by atoms with van der Waals surface area (Å²) in [6.07, 6.45) is 0.425. The van der Waals surface area contributed by atoms with Crippen molar-refractivity contribution in [2.75, 3.05) is 0 Å². The predicted molar refractivity (Wildman–Crippen MR) is 71.3 cm³/mol. The van der Waals surface area contributed by atoms with Gasteiger partial charge in [-0.25, -0.2) is 4.79 Å². The maximum Gasteiger partial charge on any atom is 0.353 e. The Labute approximate surface area is 113 Å². The monoisotopic (exact) mass is 276 g/mol. The highest BCUT2D eigenvalue weighted by Gasteiger charge is 2.24. The topological polar surface area (TPSA) is 102 Å². The Hall–Kier alpha value is -2.70. The molecule has 0 fully saturated rings. The van der Waals surface area contributed by atoms with Crippen molar-refractivity contribution in [2.45, 2.75) is 19.9 Å². The Morgan fingerprint density at radius 1 is 1.45 bits per heavy atom. The van der Waals surface area contributed by atoms with Gasteiger partial charge in [0.25, 0.3) is 5.69 Å². The molecule has 0 unspecified atom stereocenters. The van der Waals surface area contributed by atoms with E-state index in [0.717, 1.165) is 0 Å². The van der Waals surface area contributed by atoms with Gasteiger partial charge in [-0.3, -0.25) is 14.9 Å². The molecule has 0 aliphatic heterocycles. The standard InChI is InChI=1S/C13H12N2O5/c1-7(2)14-11-4-3-8(15(19)20)5-9(11)10(6-16)12(14)13(17)18/h3-7H,1-2H3,(H,17,18). The predicted octanol–water partition coefficient (Wildman–Crippen LogP) is 2.64. The summed E-state index contributed by atoms with van der Waals surface area (Å²) in [6, 6.07) is 3.79. The first kappa shape index (κ1) is 13.7. The highest BCUT2D eigenvalue weighted by Crippen LogP contribution is 2.31. The number of aromatic carboxylic acids is 1. The molecular weight excluding hydrogens is 264 g/mol. The number of nitro benzene ring substituents is 1. The van der Waals surface area contributed by atoms with Crippen LogP contribution in [0.25, 0.3) is 10.9 Å². The van der Waals surface area contributed by atoms with Gasteiger partial charge in [-0.15, -0.1) is 0 Å². The number of benzene rings is 1. The lowest BCUT2D eigenvalue weighted by Crippen LogP contribution is -2.12. The first-order valence-corrected chi connectivity index (χ1v) is 5.89. The fraction of sp³-hybridized carbons (Fsp3) is 0.231. The first-order chi connectivity index (χ1) is 9.38. The molecule has 0 saturated carbocycles. The van der Waals surface area contributed by atoms with Gasteiger partial charge in [0.05, 0.1) is 16.0 Å². The average molecular weight is 276 g/mol. The number of carbonyl (C=O) groups is 2. The molecule has 7 heteroatoms. The van der Waals surface area contributed by atoms with Crippen LogP contribution in [0.3, 0.4) is 0 Å². The van der Waals surface area contributed by atoms with E-state index in [9.17, 15) is 24.8 Å². The van der Waals surface area contributed by atoms with Gasteiger partial charge >= 0.3 is 5.97 Å². The molecule has 2 rings (SSSR count). The number of nitrogens with zero attached hydrogens (tertiary/aromatic N) is 2. The minimum atomic E-state index is -1.24. The van der Waals surface area contributed by atoms with Crippen LogP contribution in [0.5, 0.6) is 0 Å². The van der Waals surface area contributed by atoms with Gasteiger partial charge in [0.15, 0.2) is 6.29 Å². The van der Waals surface area contributed by atoms with Crippen molar-refractivity contribution in [1.82, 2.24) is 4.57 Å². The second-order valence-electron chi connectivity index (χ2n) is 4.61. The average Bonchev–Trinajstić information content (AvgIpc) is 2.71. The number of rotatable bonds is 4. The maximum atomic E-state index is 11.4. The molecule has 0 atom stereocenters. The van der Waals surface area contributed by atoms with Crippen molar-refractivity contribution < 1.29 is 19.6 Å². The summed E-state index contributed by atoms with van der Waals surface area (Å²) < 4.78 is 1.49. The van der Waals surface area contributed by atoms with E-state index >= 15 is 0 Å². The Bertz CT molecular complexity index is 730. The Kier molecular flexibility index (Phi) is 3.27. The Morgan fingerprint density at radius 3 is 2.55 bits per heavy atom. The molecule has 1 N–H and O–H groups in total. The number of non-ortho nitro benzene ring substituents is 1. The molecule has 104 valence electrons. The van der Waals surface area contributed by atoms with Crippen LogP contribution in [0.15, 0.2) is 18.2 Å². The highest BCUT2D eigenvalue weighted by molar-refractivity contribution is 6.08. The van der Waals surface area contributed by atoms with Crippen LogP contribution in [-0.4, -0.2) is 26.9 Å². The van der Waals surface area contributed by atoms with Crippen LogP contribution in [0.1, 0.15) is 40.7 Å². The smallest absolute Gasteiger partial charge is 0.353 e. The molecule has 1 heterocycles. The van der Waals surface area contributed by atoms with E-state index in [-0.39, 0.29) is 28.4 Å². The summed E-state index contributed by atoms with van der Waals surface area (Å²) in [6.45, 7) is 3.56. The first-order valence-electron chi connectivity index (χ1n) is 5.89. The Morgan fingerprint density at radius 2 is 2.10 bits per heavy atom. The fourth-order valence-electron chi connectivity index (χ4n) is 2.32. The van der Waals surface area contributed by atoms with Crippen LogP contribution in [0, 0.1) is 10.1 Å². The van der Waals surface area contributed by atoms with Crippen molar-refractivity contribution in [3.8, 4) is 0 Å². The van der Waals surface area contributed by atoms with Gasteiger partial charge in [-0.2, -0.15) is 0 Å². The number of carboxylic acid groups (broad SMARTS) is 1. The zero-order chi connectivity index (χ0) is 15.0. The summed E-state index contributed by atoms with van der Waals surface area (Å²) in [7, 11) is 0. The van der Waals surface area contributed by atoms with Crippen molar-refractivity contribution in [3.63, 3.8) is 0 Å². The van der Waals surface area contributed by atoms with Gasteiger partial charge in [-0.05, 0) is 19.9 Å². The molecule has 20 heavy (non-hydrogen) atoms. The number of carbonyl (C=O) groups excluding carboxylic acids is 1. The summed E-state index contributed by atoms with van der Waals surface area (Å²) >= 11 is 0. The van der Waals surface area contributed by atoms with E-state index in [2.05, 4.69) is 0 Å². The second-order valence-corrected chi connectivity index (χ2v) is 4.61. The molecule has 0 spiro atoms. The molecule has 2 aromatic rings. The van der Waals surface area contributed by atoms with Crippen LogP contribution >= 0.6 is 0 Å². The third-order valence-corrected chi connectivity index (χ3v) is 3.07. The van der Waals surface area contributed by atoms with Crippen LogP contribution in [0.2, 0.25) is 0 Å². The molecular formula is C13H12N2O5. The van der Waals surface area contributed by atoms with Gasteiger partial charge in [-0.1, -0.05) is 0 Å². The third-order valence-electron chi connectivity index (χ3n) is 3.07. The largest absolute Gasteiger partial charge is 0.477 e. The number of aldehydes is 1. The molecule has 0 radical (unpaired) electrons. The van der Waals surface area contributed by atoms with Crippen molar-refractivity contribution in [1.29, 1.82) is 0 Å². The third kappa shape index (κ3) is 1.93. The van der Waals surface area contributed by atoms with Crippen LogP contribution < -0.4 is 0 Å². The van der Waals surface area contributed by atoms with Crippen molar-refractivity contribution in [3.05, 3.63) is 39.6 Å². The van der Waals surface area contributed by atoms with E-state index in [1.54, 1.807) is 13.8 Å². The molecule has 1 aromatic heterocycles. The number of hydrogen-bond donors (Lipinski definition) is 1. The number of carboxylic acids is 1. The minimum absolute atomic E-state index is 0.0371. The highest BCUT2D eigenvalue weighted by atomic mass is 16.6. The van der Waals surface area contributed by atoms with Gasteiger partial charge in [0.2, 0.25) is 0 Å². The number of hydrogen-bond acceptors (Lipinski definition) is 4. The molecule has 0 aliphatic carbocycles. The quantitative estimate of drug-likeness (QED) is 0.525. The van der Waals surface area contributed by atoms with E-state index in [4.69, 9.17) is 0 Å². The zero-order valence-electron chi connectivity index (χ0n) is 10.9. The maximum absolute atomic E-state index is 11.4. The SMILES string of the molecule is CC(C)n1c(C(=O)O)c(C=O)c2cc([N+](=O)[O-])ccc21. The molecule has 0 aliphatic rings. The lowest BCUT2D eigenvalue weighted by molar-refractivity contribution is -0.384. The summed E-state index contributed by atoms with van der Waals surface area (Å²) in [5, 5.41) is 20.4. The van der Waals surface area contributed by atoms with E-state index in [1.807, 2.05) is 0 Å². The van der Waals surface area contributed by atoms with Crippen LogP contribution in [0.4, 0.5) is 5.69 Å². The molecule has 0 bridgehead atoms.